The number of aryl methyl sites for hydroxylation is 1. The summed E-state index contributed by atoms with van der Waals surface area (Å²) in [6, 6.07) is 2.06. The van der Waals surface area contributed by atoms with E-state index in [4.69, 9.17) is 11.6 Å². The smallest absolute Gasteiger partial charge is 0.0681 e. The van der Waals surface area contributed by atoms with Gasteiger partial charge in [0, 0.05) is 12.5 Å². The van der Waals surface area contributed by atoms with E-state index in [-0.39, 0.29) is 17.8 Å². The van der Waals surface area contributed by atoms with E-state index in [1.807, 2.05) is 11.7 Å². The maximum atomic E-state index is 5.73. The Morgan fingerprint density at radius 2 is 2.00 bits per heavy atom. The number of rotatable bonds is 1. The largest absolute Gasteiger partial charge is 0.271 e. The fourth-order valence-electron chi connectivity index (χ4n) is 0.997. The van der Waals surface area contributed by atoms with E-state index in [0.29, 0.717) is 5.88 Å². The molecule has 0 saturated carbocycles. The molecule has 0 radical (unpaired) electrons. The van der Waals surface area contributed by atoms with E-state index < -0.39 is 0 Å². The van der Waals surface area contributed by atoms with Gasteiger partial charge in [-0.25, -0.2) is 0 Å². The van der Waals surface area contributed by atoms with Crippen molar-refractivity contribution in [1.82, 2.24) is 9.78 Å². The zero-order valence-electron chi connectivity index (χ0n) is 8.47. The fourth-order valence-corrected chi connectivity index (χ4v) is 1.25. The predicted molar refractivity (Wildman–Crippen MR) is 58.7 cm³/mol. The summed E-state index contributed by atoms with van der Waals surface area (Å²) in [5.74, 6) is 0.527. The van der Waals surface area contributed by atoms with Crippen molar-refractivity contribution < 1.29 is 0 Å². The summed E-state index contributed by atoms with van der Waals surface area (Å²) in [6.45, 7) is 6.44. The van der Waals surface area contributed by atoms with Gasteiger partial charge in [0.25, 0.3) is 0 Å². The maximum absolute atomic E-state index is 5.73. The Bertz CT molecular complexity index is 274. The molecule has 0 aliphatic carbocycles. The van der Waals surface area contributed by atoms with Gasteiger partial charge in [-0.3, -0.25) is 4.68 Å². The average Bonchev–Trinajstić information content (AvgIpc) is 2.29. The molecule has 0 fully saturated rings. The van der Waals surface area contributed by atoms with E-state index in [1.54, 1.807) is 0 Å². The Morgan fingerprint density at radius 3 is 2.23 bits per heavy atom. The van der Waals surface area contributed by atoms with Gasteiger partial charge in [0.2, 0.25) is 0 Å². The third-order valence-electron chi connectivity index (χ3n) is 1.88. The lowest BCUT2D eigenvalue weighted by molar-refractivity contribution is 0.552. The van der Waals surface area contributed by atoms with Crippen LogP contribution in [0.3, 0.4) is 0 Å². The molecule has 76 valence electrons. The summed E-state index contributed by atoms with van der Waals surface area (Å²) < 4.78 is 1.84. The molecule has 0 saturated heterocycles. The van der Waals surface area contributed by atoms with Crippen LogP contribution in [0.5, 0.6) is 0 Å². The van der Waals surface area contributed by atoms with Crippen LogP contribution in [-0.4, -0.2) is 9.78 Å². The summed E-state index contributed by atoms with van der Waals surface area (Å²) in [4.78, 5) is 0. The molecule has 1 rings (SSSR count). The molecule has 0 aliphatic heterocycles. The Balaban J connectivity index is 0.00000144. The van der Waals surface area contributed by atoms with Crippen LogP contribution in [0.1, 0.15) is 32.2 Å². The number of hydrogen-bond acceptors (Lipinski definition) is 1. The van der Waals surface area contributed by atoms with Crippen molar-refractivity contribution in [3.8, 4) is 0 Å². The predicted octanol–water partition coefficient (Wildman–Crippen LogP) is 2.88. The summed E-state index contributed by atoms with van der Waals surface area (Å²) in [5.41, 5.74) is 2.28. The van der Waals surface area contributed by atoms with E-state index >= 15 is 0 Å². The van der Waals surface area contributed by atoms with Crippen molar-refractivity contribution in [2.45, 2.75) is 32.1 Å². The van der Waals surface area contributed by atoms with Gasteiger partial charge in [-0.15, -0.1) is 24.0 Å². The molecule has 0 aliphatic rings. The first-order valence-electron chi connectivity index (χ1n) is 4.04. The molecule has 0 spiro atoms. The van der Waals surface area contributed by atoms with Crippen LogP contribution < -0.4 is 0 Å². The quantitative estimate of drug-likeness (QED) is 0.669. The number of halogens is 2. The lowest BCUT2D eigenvalue weighted by Crippen LogP contribution is -2.12. The minimum Gasteiger partial charge on any atom is -0.271 e. The Kier molecular flexibility index (Phi) is 4.27. The first-order chi connectivity index (χ1) is 5.45. The highest BCUT2D eigenvalue weighted by atomic mass is 35.5. The van der Waals surface area contributed by atoms with Crippen LogP contribution in [0, 0.1) is 0 Å². The van der Waals surface area contributed by atoms with E-state index in [2.05, 4.69) is 31.9 Å². The molecule has 0 aromatic carbocycles. The van der Waals surface area contributed by atoms with Gasteiger partial charge in [-0.1, -0.05) is 20.8 Å². The maximum Gasteiger partial charge on any atom is 0.0681 e. The normalized spacial score (nSPS) is 11.2. The third kappa shape index (κ3) is 2.89. The van der Waals surface area contributed by atoms with Gasteiger partial charge in [-0.2, -0.15) is 5.10 Å². The molecule has 0 atom stereocenters. The van der Waals surface area contributed by atoms with Crippen LogP contribution in [0.25, 0.3) is 0 Å². The average molecular weight is 223 g/mol. The molecule has 1 heterocycles. The van der Waals surface area contributed by atoms with Gasteiger partial charge in [0.05, 0.1) is 17.3 Å². The molecule has 0 N–H and O–H groups in total. The van der Waals surface area contributed by atoms with Crippen LogP contribution >= 0.6 is 24.0 Å². The lowest BCUT2D eigenvalue weighted by atomic mass is 9.92. The molecular weight excluding hydrogens is 207 g/mol. The van der Waals surface area contributed by atoms with Crippen molar-refractivity contribution >= 4 is 24.0 Å². The summed E-state index contributed by atoms with van der Waals surface area (Å²) in [7, 11) is 1.92. The SMILES string of the molecule is Cl.Cn1nc(C(C)(C)C)cc1CCl. The molecule has 0 amide bonds. The van der Waals surface area contributed by atoms with Crippen molar-refractivity contribution in [1.29, 1.82) is 0 Å². The van der Waals surface area contributed by atoms with Gasteiger partial charge in [0.15, 0.2) is 0 Å². The van der Waals surface area contributed by atoms with Crippen LogP contribution in [-0.2, 0) is 18.3 Å². The topological polar surface area (TPSA) is 17.8 Å². The monoisotopic (exact) mass is 222 g/mol. The molecular formula is C9H16Cl2N2. The van der Waals surface area contributed by atoms with Crippen molar-refractivity contribution in [3.05, 3.63) is 17.5 Å². The van der Waals surface area contributed by atoms with Crippen molar-refractivity contribution in [2.24, 2.45) is 7.05 Å². The number of alkyl halides is 1. The van der Waals surface area contributed by atoms with E-state index in [9.17, 15) is 0 Å². The van der Waals surface area contributed by atoms with E-state index in [0.717, 1.165) is 11.4 Å². The standard InChI is InChI=1S/C9H15ClN2.ClH/c1-9(2,3)8-5-7(6-10)12(4)11-8;/h5H,6H2,1-4H3;1H. The van der Waals surface area contributed by atoms with Crippen molar-refractivity contribution in [2.75, 3.05) is 0 Å². The number of aromatic nitrogens is 2. The molecule has 1 aromatic heterocycles. The second-order valence-electron chi connectivity index (χ2n) is 4.03. The molecule has 4 heteroatoms. The minimum atomic E-state index is 0. The van der Waals surface area contributed by atoms with Crippen LogP contribution in [0.15, 0.2) is 6.07 Å². The second kappa shape index (κ2) is 4.34. The highest BCUT2D eigenvalue weighted by molar-refractivity contribution is 6.16. The summed E-state index contributed by atoms with van der Waals surface area (Å²) in [6.07, 6.45) is 0. The Morgan fingerprint density at radius 1 is 1.46 bits per heavy atom. The highest BCUT2D eigenvalue weighted by Gasteiger charge is 2.18. The summed E-state index contributed by atoms with van der Waals surface area (Å²) in [5, 5.41) is 4.38. The van der Waals surface area contributed by atoms with E-state index in [1.165, 1.54) is 0 Å². The van der Waals surface area contributed by atoms with Crippen LogP contribution in [0.2, 0.25) is 0 Å². The zero-order valence-corrected chi connectivity index (χ0v) is 10.0. The fraction of sp³-hybridized carbons (Fsp3) is 0.667. The second-order valence-corrected chi connectivity index (χ2v) is 4.30. The van der Waals surface area contributed by atoms with Gasteiger partial charge >= 0.3 is 0 Å². The lowest BCUT2D eigenvalue weighted by Gasteiger charge is -2.13. The van der Waals surface area contributed by atoms with Crippen molar-refractivity contribution in [3.63, 3.8) is 0 Å². The van der Waals surface area contributed by atoms with Gasteiger partial charge < -0.3 is 0 Å². The molecule has 2 nitrogen and oxygen atoms in total. The Hall–Kier alpha value is -0.210. The van der Waals surface area contributed by atoms with Gasteiger partial charge in [0.1, 0.15) is 0 Å². The highest BCUT2D eigenvalue weighted by Crippen LogP contribution is 2.21. The molecule has 13 heavy (non-hydrogen) atoms. The number of hydrogen-bond donors (Lipinski definition) is 0. The zero-order chi connectivity index (χ0) is 9.35. The molecule has 1 aromatic rings. The summed E-state index contributed by atoms with van der Waals surface area (Å²) >= 11 is 5.73. The van der Waals surface area contributed by atoms with Crippen LogP contribution in [0.4, 0.5) is 0 Å². The first-order valence-corrected chi connectivity index (χ1v) is 4.58. The molecule has 0 unspecified atom stereocenters. The minimum absolute atomic E-state index is 0. The van der Waals surface area contributed by atoms with Gasteiger partial charge in [-0.05, 0) is 6.07 Å². The molecule has 0 bridgehead atoms. The Labute approximate surface area is 90.7 Å². The third-order valence-corrected chi connectivity index (χ3v) is 2.16. The number of nitrogens with zero attached hydrogens (tertiary/aromatic N) is 2. The first kappa shape index (κ1) is 12.8.